The Morgan fingerprint density at radius 1 is 1.08 bits per heavy atom. The number of carbonyl (C=O) groups is 1. The van der Waals surface area contributed by atoms with Gasteiger partial charge in [-0.05, 0) is 57.2 Å². The highest BCUT2D eigenvalue weighted by Gasteiger charge is 2.10. The molecule has 0 radical (unpaired) electrons. The maximum Gasteiger partial charge on any atom is 0.276 e. The number of rotatable bonds is 6. The van der Waals surface area contributed by atoms with Crippen molar-refractivity contribution in [3.63, 3.8) is 0 Å². The van der Waals surface area contributed by atoms with Crippen LogP contribution in [0, 0.1) is 6.92 Å². The number of hydrogen-bond donors (Lipinski definition) is 2. The first kappa shape index (κ1) is 17.4. The number of ether oxygens (including phenoxy) is 1. The lowest BCUT2D eigenvalue weighted by atomic mass is 10.3. The zero-order valence-electron chi connectivity index (χ0n) is 14.7. The van der Waals surface area contributed by atoms with Crippen LogP contribution in [0.25, 0.3) is 0 Å². The van der Waals surface area contributed by atoms with Crippen LogP contribution in [0.3, 0.4) is 0 Å². The zero-order valence-corrected chi connectivity index (χ0v) is 14.7. The van der Waals surface area contributed by atoms with Crippen LogP contribution in [0.5, 0.6) is 5.75 Å². The maximum atomic E-state index is 12.3. The summed E-state index contributed by atoms with van der Waals surface area (Å²) >= 11 is 0. The molecule has 1 amide bonds. The highest BCUT2D eigenvalue weighted by atomic mass is 16.5. The van der Waals surface area contributed by atoms with Crippen LogP contribution in [0.2, 0.25) is 0 Å². The van der Waals surface area contributed by atoms with Gasteiger partial charge in [0.15, 0.2) is 17.3 Å². The van der Waals surface area contributed by atoms with Gasteiger partial charge in [0.25, 0.3) is 5.91 Å². The van der Waals surface area contributed by atoms with E-state index >= 15 is 0 Å². The number of anilines is 3. The summed E-state index contributed by atoms with van der Waals surface area (Å²) in [5, 5.41) is 17.4. The summed E-state index contributed by atoms with van der Waals surface area (Å²) in [6.07, 6.45) is 0.0963. The summed E-state index contributed by atoms with van der Waals surface area (Å²) in [6.45, 7) is 5.70. The molecule has 2 heterocycles. The molecule has 0 aliphatic carbocycles. The Balaban J connectivity index is 1.60. The van der Waals surface area contributed by atoms with Crippen molar-refractivity contribution in [2.24, 2.45) is 0 Å². The van der Waals surface area contributed by atoms with Crippen molar-refractivity contribution in [2.45, 2.75) is 26.9 Å². The third kappa shape index (κ3) is 4.56. The van der Waals surface area contributed by atoms with Crippen molar-refractivity contribution >= 4 is 23.2 Å². The van der Waals surface area contributed by atoms with E-state index in [2.05, 4.69) is 26.0 Å². The molecule has 2 aromatic heterocycles. The van der Waals surface area contributed by atoms with E-state index in [1.807, 2.05) is 13.8 Å². The number of benzene rings is 1. The first-order chi connectivity index (χ1) is 12.5. The van der Waals surface area contributed by atoms with Crippen molar-refractivity contribution in [3.8, 4) is 5.75 Å². The summed E-state index contributed by atoms with van der Waals surface area (Å²) in [5.41, 5.74) is 0.850. The molecule has 0 unspecified atom stereocenters. The van der Waals surface area contributed by atoms with Gasteiger partial charge in [0.2, 0.25) is 0 Å². The van der Waals surface area contributed by atoms with E-state index in [9.17, 15) is 4.79 Å². The van der Waals surface area contributed by atoms with Crippen molar-refractivity contribution in [1.82, 2.24) is 15.4 Å². The second kappa shape index (κ2) is 7.64. The summed E-state index contributed by atoms with van der Waals surface area (Å²) in [7, 11) is 0. The summed E-state index contributed by atoms with van der Waals surface area (Å²) < 4.78 is 10.5. The Labute approximate surface area is 150 Å². The molecule has 0 aliphatic heterocycles. The normalized spacial score (nSPS) is 10.6. The molecule has 1 aromatic carbocycles. The molecule has 134 valence electrons. The maximum absolute atomic E-state index is 12.3. The predicted molar refractivity (Wildman–Crippen MR) is 96.7 cm³/mol. The Morgan fingerprint density at radius 3 is 2.42 bits per heavy atom. The van der Waals surface area contributed by atoms with Gasteiger partial charge in [-0.15, -0.1) is 10.2 Å². The van der Waals surface area contributed by atoms with Crippen LogP contribution in [0.15, 0.2) is 47.0 Å². The lowest BCUT2D eigenvalue weighted by molar-refractivity contribution is 0.102. The van der Waals surface area contributed by atoms with Gasteiger partial charge in [-0.2, -0.15) is 0 Å². The molecule has 0 atom stereocenters. The zero-order chi connectivity index (χ0) is 18.5. The molecule has 8 nitrogen and oxygen atoms in total. The van der Waals surface area contributed by atoms with Gasteiger partial charge >= 0.3 is 0 Å². The molecule has 2 N–H and O–H groups in total. The minimum atomic E-state index is -0.348. The van der Waals surface area contributed by atoms with E-state index < -0.39 is 0 Å². The highest BCUT2D eigenvalue weighted by Crippen LogP contribution is 2.18. The minimum absolute atomic E-state index is 0.0963. The summed E-state index contributed by atoms with van der Waals surface area (Å²) in [5.74, 6) is 2.07. The van der Waals surface area contributed by atoms with Crippen molar-refractivity contribution in [1.29, 1.82) is 0 Å². The van der Waals surface area contributed by atoms with E-state index in [1.165, 1.54) is 0 Å². The SMILES string of the molecule is Cc1cc(Nc2ccc(C(=O)Nc3ccc(OC(C)C)cc3)nn2)no1. The topological polar surface area (TPSA) is 102 Å². The number of aryl methyl sites for hydroxylation is 1. The van der Waals surface area contributed by atoms with Crippen LogP contribution in [-0.4, -0.2) is 27.4 Å². The molecule has 3 rings (SSSR count). The van der Waals surface area contributed by atoms with Gasteiger partial charge in [0.1, 0.15) is 11.5 Å². The number of nitrogens with one attached hydrogen (secondary N) is 2. The molecule has 0 fully saturated rings. The molecule has 0 spiro atoms. The van der Waals surface area contributed by atoms with Gasteiger partial charge in [-0.1, -0.05) is 5.16 Å². The number of carbonyl (C=O) groups excluding carboxylic acids is 1. The fourth-order valence-electron chi connectivity index (χ4n) is 2.16. The number of aromatic nitrogens is 3. The second-order valence-electron chi connectivity index (χ2n) is 5.90. The van der Waals surface area contributed by atoms with Gasteiger partial charge in [0, 0.05) is 11.8 Å². The van der Waals surface area contributed by atoms with Gasteiger partial charge in [-0.25, -0.2) is 0 Å². The highest BCUT2D eigenvalue weighted by molar-refractivity contribution is 6.02. The van der Waals surface area contributed by atoms with Crippen LogP contribution >= 0.6 is 0 Å². The van der Waals surface area contributed by atoms with Crippen molar-refractivity contribution in [3.05, 3.63) is 53.9 Å². The molecule has 0 saturated carbocycles. The standard InChI is InChI=1S/C18H19N5O3/c1-11(2)25-14-6-4-13(5-7-14)19-18(24)15-8-9-16(22-21-15)20-17-10-12(3)26-23-17/h4-11H,1-3H3,(H,19,24)(H,20,22,23). The third-order valence-corrected chi connectivity index (χ3v) is 3.27. The molecule has 0 saturated heterocycles. The number of hydrogen-bond acceptors (Lipinski definition) is 7. The molecular formula is C18H19N5O3. The fraction of sp³-hybridized carbons (Fsp3) is 0.222. The first-order valence-corrected chi connectivity index (χ1v) is 8.12. The van der Waals surface area contributed by atoms with Crippen LogP contribution < -0.4 is 15.4 Å². The average molecular weight is 353 g/mol. The lowest BCUT2D eigenvalue weighted by Gasteiger charge is -2.10. The fourth-order valence-corrected chi connectivity index (χ4v) is 2.16. The Hall–Kier alpha value is -3.42. The van der Waals surface area contributed by atoms with E-state index in [0.717, 1.165) is 5.75 Å². The minimum Gasteiger partial charge on any atom is -0.491 e. The summed E-state index contributed by atoms with van der Waals surface area (Å²) in [4.78, 5) is 12.3. The largest absolute Gasteiger partial charge is 0.491 e. The first-order valence-electron chi connectivity index (χ1n) is 8.12. The van der Waals surface area contributed by atoms with E-state index in [1.54, 1.807) is 49.4 Å². The van der Waals surface area contributed by atoms with Crippen LogP contribution in [0.4, 0.5) is 17.3 Å². The average Bonchev–Trinajstić information content (AvgIpc) is 3.01. The molecule has 26 heavy (non-hydrogen) atoms. The van der Waals surface area contributed by atoms with Gasteiger partial charge in [-0.3, -0.25) is 4.79 Å². The molecule has 0 bridgehead atoms. The molecule has 3 aromatic rings. The van der Waals surface area contributed by atoms with Crippen LogP contribution in [-0.2, 0) is 0 Å². The quantitative estimate of drug-likeness (QED) is 0.698. The van der Waals surface area contributed by atoms with Crippen molar-refractivity contribution < 1.29 is 14.1 Å². The Morgan fingerprint density at radius 2 is 1.85 bits per heavy atom. The monoisotopic (exact) mass is 353 g/mol. The van der Waals surface area contributed by atoms with E-state index in [0.29, 0.717) is 23.1 Å². The van der Waals surface area contributed by atoms with E-state index in [4.69, 9.17) is 9.26 Å². The Bertz CT molecular complexity index is 873. The second-order valence-corrected chi connectivity index (χ2v) is 5.90. The van der Waals surface area contributed by atoms with Crippen LogP contribution in [0.1, 0.15) is 30.1 Å². The third-order valence-electron chi connectivity index (χ3n) is 3.27. The number of amides is 1. The smallest absolute Gasteiger partial charge is 0.276 e. The molecular weight excluding hydrogens is 334 g/mol. The summed E-state index contributed by atoms with van der Waals surface area (Å²) in [6, 6.07) is 12.1. The molecule has 0 aliphatic rings. The molecule has 8 heteroatoms. The van der Waals surface area contributed by atoms with Gasteiger partial charge < -0.3 is 19.9 Å². The number of nitrogens with zero attached hydrogens (tertiary/aromatic N) is 3. The van der Waals surface area contributed by atoms with E-state index in [-0.39, 0.29) is 17.7 Å². The van der Waals surface area contributed by atoms with Gasteiger partial charge in [0.05, 0.1) is 6.10 Å². The lowest BCUT2D eigenvalue weighted by Crippen LogP contribution is -2.14. The van der Waals surface area contributed by atoms with Crippen molar-refractivity contribution in [2.75, 3.05) is 10.6 Å². The Kier molecular flexibility index (Phi) is 5.12. The predicted octanol–water partition coefficient (Wildman–Crippen LogP) is 3.56.